The summed E-state index contributed by atoms with van der Waals surface area (Å²) in [5.74, 6) is 0. The van der Waals surface area contributed by atoms with Gasteiger partial charge >= 0.3 is 0 Å². The van der Waals surface area contributed by atoms with Crippen molar-refractivity contribution in [3.05, 3.63) is 96.0 Å². The van der Waals surface area contributed by atoms with Gasteiger partial charge in [0, 0.05) is 46.6 Å². The van der Waals surface area contributed by atoms with Gasteiger partial charge in [-0.25, -0.2) is 4.85 Å². The quantitative estimate of drug-likeness (QED) is 0.0791. The molecule has 2 nitrogen and oxygen atoms in total. The first-order valence-electron chi connectivity index (χ1n) is 15.2. The average Bonchev–Trinajstić information content (AvgIpc) is 3.78. The third-order valence-electron chi connectivity index (χ3n) is 7.81. The standard InChI is InChI=1S/C36H38N2S4/c1-3-4-5-6-7-8-9-10-11-12-13-26-14-16-27(17-15-26)33-24-31(38-2)34(42-33)21-30-23-36-35(41-30)22-29(40-36)20-32-28(25-37)18-19-39-32/h14-19,22-24H,3-13,20-21H2,1H3. The summed E-state index contributed by atoms with van der Waals surface area (Å²) in [4.78, 5) is 9.97. The molecule has 5 rings (SSSR count). The van der Waals surface area contributed by atoms with E-state index < -0.39 is 0 Å². The Bertz CT molecular complexity index is 1620. The normalized spacial score (nSPS) is 11.2. The Hall–Kier alpha value is -2.74. The van der Waals surface area contributed by atoms with E-state index in [1.165, 1.54) is 99.4 Å². The highest BCUT2D eigenvalue weighted by Crippen LogP contribution is 2.41. The van der Waals surface area contributed by atoms with Crippen LogP contribution in [0.5, 0.6) is 0 Å². The van der Waals surface area contributed by atoms with Crippen LogP contribution in [0.1, 0.15) is 102 Å². The Morgan fingerprint density at radius 2 is 1.36 bits per heavy atom. The third kappa shape index (κ3) is 8.21. The second-order valence-electron chi connectivity index (χ2n) is 11.0. The van der Waals surface area contributed by atoms with E-state index in [2.05, 4.69) is 60.3 Å². The van der Waals surface area contributed by atoms with Gasteiger partial charge in [-0.3, -0.25) is 0 Å². The van der Waals surface area contributed by atoms with E-state index in [1.807, 2.05) is 34.1 Å². The van der Waals surface area contributed by atoms with E-state index in [9.17, 15) is 5.26 Å². The van der Waals surface area contributed by atoms with Crippen molar-refractivity contribution in [1.82, 2.24) is 0 Å². The zero-order valence-electron chi connectivity index (χ0n) is 24.4. The van der Waals surface area contributed by atoms with Gasteiger partial charge in [0.2, 0.25) is 5.69 Å². The number of fused-ring (bicyclic) bond motifs is 1. The molecule has 4 aromatic heterocycles. The van der Waals surface area contributed by atoms with Crippen LogP contribution in [-0.2, 0) is 19.3 Å². The van der Waals surface area contributed by atoms with Crippen LogP contribution in [0.3, 0.4) is 0 Å². The van der Waals surface area contributed by atoms with Crippen molar-refractivity contribution < 1.29 is 0 Å². The number of thiophene rings is 4. The van der Waals surface area contributed by atoms with E-state index in [4.69, 9.17) is 6.57 Å². The fraction of sp³-hybridized carbons (Fsp3) is 0.389. The number of nitriles is 1. The van der Waals surface area contributed by atoms with E-state index in [1.54, 1.807) is 22.7 Å². The van der Waals surface area contributed by atoms with Gasteiger partial charge in [-0.1, -0.05) is 89.0 Å². The summed E-state index contributed by atoms with van der Waals surface area (Å²) in [5, 5.41) is 11.3. The number of nitrogens with zero attached hydrogens (tertiary/aromatic N) is 2. The molecule has 0 aliphatic carbocycles. The molecule has 0 saturated carbocycles. The minimum absolute atomic E-state index is 0.781. The van der Waals surface area contributed by atoms with Crippen LogP contribution >= 0.6 is 45.3 Å². The molecule has 42 heavy (non-hydrogen) atoms. The molecule has 0 fully saturated rings. The SMILES string of the molecule is [C-]#[N+]c1cc(-c2ccc(CCCCCCCCCCCC)cc2)sc1Cc1cc2sc(Cc3sccc3C#N)cc2s1. The Labute approximate surface area is 267 Å². The Balaban J connectivity index is 1.12. The molecule has 216 valence electrons. The summed E-state index contributed by atoms with van der Waals surface area (Å²) in [5.41, 5.74) is 4.21. The maximum absolute atomic E-state index is 9.32. The number of rotatable bonds is 16. The molecule has 4 heterocycles. The highest BCUT2D eigenvalue weighted by Gasteiger charge is 2.15. The van der Waals surface area contributed by atoms with Crippen molar-refractivity contribution in [3.63, 3.8) is 0 Å². The highest BCUT2D eigenvalue weighted by molar-refractivity contribution is 7.28. The molecule has 6 heteroatoms. The molecular formula is C36H38N2S4. The summed E-state index contributed by atoms with van der Waals surface area (Å²) in [6, 6.07) is 19.9. The van der Waals surface area contributed by atoms with Crippen molar-refractivity contribution in [3.8, 4) is 16.5 Å². The second kappa shape index (κ2) is 15.6. The lowest BCUT2D eigenvalue weighted by Gasteiger charge is -2.04. The molecule has 0 aliphatic rings. The van der Waals surface area contributed by atoms with Crippen LogP contribution in [0.25, 0.3) is 24.7 Å². The van der Waals surface area contributed by atoms with Gasteiger partial charge in [-0.2, -0.15) is 16.6 Å². The zero-order chi connectivity index (χ0) is 29.1. The summed E-state index contributed by atoms with van der Waals surface area (Å²) in [6.45, 7) is 10.1. The van der Waals surface area contributed by atoms with Gasteiger partial charge in [-0.15, -0.1) is 34.0 Å². The van der Waals surface area contributed by atoms with Crippen LogP contribution in [0.15, 0.2) is 53.9 Å². The van der Waals surface area contributed by atoms with Gasteiger partial charge in [0.15, 0.2) is 0 Å². The van der Waals surface area contributed by atoms with Crippen LogP contribution < -0.4 is 0 Å². The monoisotopic (exact) mass is 626 g/mol. The van der Waals surface area contributed by atoms with Gasteiger partial charge in [0.05, 0.1) is 12.1 Å². The number of hydrogen-bond acceptors (Lipinski definition) is 5. The average molecular weight is 627 g/mol. The largest absolute Gasteiger partial charge is 0.237 e. The van der Waals surface area contributed by atoms with Crippen molar-refractivity contribution in [2.75, 3.05) is 0 Å². The summed E-state index contributed by atoms with van der Waals surface area (Å²) < 4.78 is 2.61. The van der Waals surface area contributed by atoms with Gasteiger partial charge in [-0.05, 0) is 53.6 Å². The van der Waals surface area contributed by atoms with Crippen molar-refractivity contribution >= 4 is 60.4 Å². The number of unbranched alkanes of at least 4 members (excludes halogenated alkanes) is 9. The van der Waals surface area contributed by atoms with Gasteiger partial charge < -0.3 is 0 Å². The smallest absolute Gasteiger partial charge is 0.201 e. The first-order valence-corrected chi connectivity index (χ1v) is 18.6. The molecule has 0 bridgehead atoms. The molecule has 1 aromatic carbocycles. The molecule has 0 unspecified atom stereocenters. The highest BCUT2D eigenvalue weighted by atomic mass is 32.1. The molecular weight excluding hydrogens is 589 g/mol. The van der Waals surface area contributed by atoms with E-state index in [0.717, 1.165) is 40.3 Å². The first kappa shape index (κ1) is 30.7. The lowest BCUT2D eigenvalue weighted by atomic mass is 10.0. The molecule has 0 aliphatic heterocycles. The fourth-order valence-electron chi connectivity index (χ4n) is 5.44. The van der Waals surface area contributed by atoms with Crippen molar-refractivity contribution in [2.45, 2.75) is 90.4 Å². The van der Waals surface area contributed by atoms with Gasteiger partial charge in [0.1, 0.15) is 6.07 Å². The molecule has 0 N–H and O–H groups in total. The Morgan fingerprint density at radius 3 is 1.98 bits per heavy atom. The predicted octanol–water partition coefficient (Wildman–Crippen LogP) is 12.8. The van der Waals surface area contributed by atoms with Crippen molar-refractivity contribution in [2.24, 2.45) is 0 Å². The lowest BCUT2D eigenvalue weighted by Crippen LogP contribution is -1.87. The molecule has 0 radical (unpaired) electrons. The number of aryl methyl sites for hydroxylation is 1. The third-order valence-corrected chi connectivity index (χ3v) is 12.2. The molecule has 5 aromatic rings. The number of benzene rings is 1. The molecule has 0 spiro atoms. The minimum atomic E-state index is 0.781. The Kier molecular flexibility index (Phi) is 11.4. The van der Waals surface area contributed by atoms with Gasteiger partial charge in [0.25, 0.3) is 0 Å². The van der Waals surface area contributed by atoms with E-state index >= 15 is 0 Å². The van der Waals surface area contributed by atoms with E-state index in [0.29, 0.717) is 0 Å². The first-order chi connectivity index (χ1) is 20.7. The Morgan fingerprint density at radius 1 is 0.738 bits per heavy atom. The zero-order valence-corrected chi connectivity index (χ0v) is 27.7. The lowest BCUT2D eigenvalue weighted by molar-refractivity contribution is 0.556. The fourth-order valence-corrected chi connectivity index (χ4v) is 10.1. The van der Waals surface area contributed by atoms with Crippen LogP contribution in [0.2, 0.25) is 0 Å². The summed E-state index contributed by atoms with van der Waals surface area (Å²) >= 11 is 7.08. The molecule has 0 saturated heterocycles. The van der Waals surface area contributed by atoms with Crippen LogP contribution in [0, 0.1) is 17.9 Å². The molecule has 0 atom stereocenters. The van der Waals surface area contributed by atoms with Crippen LogP contribution in [-0.4, -0.2) is 0 Å². The minimum Gasteiger partial charge on any atom is -0.237 e. The van der Waals surface area contributed by atoms with Crippen molar-refractivity contribution in [1.29, 1.82) is 5.26 Å². The maximum Gasteiger partial charge on any atom is 0.201 e. The maximum atomic E-state index is 9.32. The van der Waals surface area contributed by atoms with Crippen LogP contribution in [0.4, 0.5) is 5.69 Å². The second-order valence-corrected chi connectivity index (χ2v) is 15.5. The summed E-state index contributed by atoms with van der Waals surface area (Å²) in [6.07, 6.45) is 16.5. The topological polar surface area (TPSA) is 28.1 Å². The summed E-state index contributed by atoms with van der Waals surface area (Å²) in [7, 11) is 0. The molecule has 0 amide bonds. The van der Waals surface area contributed by atoms with E-state index in [-0.39, 0.29) is 0 Å². The number of hydrogen-bond donors (Lipinski definition) is 0. The predicted molar refractivity (Wildman–Crippen MR) is 186 cm³/mol.